The third-order valence-corrected chi connectivity index (χ3v) is 7.21. The third-order valence-electron chi connectivity index (χ3n) is 5.41. The van der Waals surface area contributed by atoms with Gasteiger partial charge in [-0.2, -0.15) is 4.31 Å². The van der Waals surface area contributed by atoms with E-state index in [0.717, 1.165) is 30.8 Å². The summed E-state index contributed by atoms with van der Waals surface area (Å²) in [6.45, 7) is 3.28. The molecule has 6 heteroatoms. The van der Waals surface area contributed by atoms with E-state index in [2.05, 4.69) is 10.2 Å². The van der Waals surface area contributed by atoms with Crippen molar-refractivity contribution in [1.29, 1.82) is 0 Å². The molecule has 2 atom stereocenters. The van der Waals surface area contributed by atoms with E-state index in [0.29, 0.717) is 23.5 Å². The predicted octanol–water partition coefficient (Wildman–Crippen LogP) is 2.05. The van der Waals surface area contributed by atoms with Crippen molar-refractivity contribution in [1.82, 2.24) is 14.5 Å². The van der Waals surface area contributed by atoms with Gasteiger partial charge in [-0.15, -0.1) is 0 Å². The molecule has 5 nitrogen and oxygen atoms in total. The summed E-state index contributed by atoms with van der Waals surface area (Å²) >= 11 is 0. The quantitative estimate of drug-likeness (QED) is 0.844. The maximum atomic E-state index is 13.0. The zero-order chi connectivity index (χ0) is 18.1. The number of hydrogen-bond donors (Lipinski definition) is 1. The first-order valence-electron chi connectivity index (χ1n) is 9.09. The monoisotopic (exact) mass is 371 g/mol. The Bertz CT molecular complexity index is 870. The second-order valence-electron chi connectivity index (χ2n) is 7.32. The minimum absolute atomic E-state index is 0.370. The summed E-state index contributed by atoms with van der Waals surface area (Å²) in [6.07, 6.45) is 1.21. The molecule has 2 aliphatic rings. The maximum absolute atomic E-state index is 13.0. The lowest BCUT2D eigenvalue weighted by atomic mass is 10.2. The molecule has 2 heterocycles. The molecule has 26 heavy (non-hydrogen) atoms. The van der Waals surface area contributed by atoms with Crippen LogP contribution in [0.2, 0.25) is 0 Å². The van der Waals surface area contributed by atoms with Crippen LogP contribution >= 0.6 is 0 Å². The van der Waals surface area contributed by atoms with Gasteiger partial charge in [-0.05, 0) is 29.7 Å². The van der Waals surface area contributed by atoms with Gasteiger partial charge in [0.2, 0.25) is 10.0 Å². The standard InChI is InChI=1S/C20H25N3O2S/c1-22(13-16-6-3-2-4-7-16)26(24,25)20-9-5-8-17(10-20)14-23-15-18-11-19(23)12-21-18/h2-10,18-19,21H,11-15H2,1H3. The number of nitrogens with one attached hydrogen (secondary N) is 1. The van der Waals surface area contributed by atoms with Crippen molar-refractivity contribution < 1.29 is 8.42 Å². The van der Waals surface area contributed by atoms with Crippen LogP contribution in [0.25, 0.3) is 0 Å². The Kier molecular flexibility index (Phi) is 4.84. The van der Waals surface area contributed by atoms with E-state index in [1.807, 2.05) is 48.5 Å². The van der Waals surface area contributed by atoms with Gasteiger partial charge in [-0.3, -0.25) is 4.90 Å². The van der Waals surface area contributed by atoms with E-state index < -0.39 is 10.0 Å². The van der Waals surface area contributed by atoms with Crippen LogP contribution in [-0.2, 0) is 23.1 Å². The molecule has 2 aromatic rings. The Morgan fingerprint density at radius 1 is 1.12 bits per heavy atom. The van der Waals surface area contributed by atoms with Crippen molar-refractivity contribution >= 4 is 10.0 Å². The summed E-state index contributed by atoms with van der Waals surface area (Å²) in [7, 11) is -1.86. The molecule has 2 saturated heterocycles. The average molecular weight is 372 g/mol. The number of rotatable bonds is 6. The van der Waals surface area contributed by atoms with Gasteiger partial charge in [0.15, 0.2) is 0 Å². The number of sulfonamides is 1. The van der Waals surface area contributed by atoms with Crippen molar-refractivity contribution in [3.8, 4) is 0 Å². The molecule has 138 valence electrons. The highest BCUT2D eigenvalue weighted by molar-refractivity contribution is 7.89. The molecule has 2 unspecified atom stereocenters. The second kappa shape index (κ2) is 7.12. The van der Waals surface area contributed by atoms with Crippen molar-refractivity contribution in [2.24, 2.45) is 0 Å². The van der Waals surface area contributed by atoms with Crippen molar-refractivity contribution in [3.63, 3.8) is 0 Å². The van der Waals surface area contributed by atoms with E-state index in [1.165, 1.54) is 10.7 Å². The van der Waals surface area contributed by atoms with Crippen molar-refractivity contribution in [2.75, 3.05) is 20.1 Å². The summed E-state index contributed by atoms with van der Waals surface area (Å²) in [6, 6.07) is 18.3. The van der Waals surface area contributed by atoms with Crippen LogP contribution < -0.4 is 5.32 Å². The first kappa shape index (κ1) is 17.7. The fourth-order valence-corrected chi connectivity index (χ4v) is 5.21. The van der Waals surface area contributed by atoms with E-state index >= 15 is 0 Å². The number of nitrogens with zero attached hydrogens (tertiary/aromatic N) is 2. The van der Waals surface area contributed by atoms with Crippen LogP contribution in [0.3, 0.4) is 0 Å². The zero-order valence-electron chi connectivity index (χ0n) is 15.0. The Morgan fingerprint density at radius 3 is 2.58 bits per heavy atom. The number of fused-ring (bicyclic) bond motifs is 2. The Morgan fingerprint density at radius 2 is 1.88 bits per heavy atom. The normalized spacial score (nSPS) is 23.0. The summed E-state index contributed by atoms with van der Waals surface area (Å²) in [4.78, 5) is 2.83. The predicted molar refractivity (Wildman–Crippen MR) is 102 cm³/mol. The zero-order valence-corrected chi connectivity index (χ0v) is 15.8. The molecular weight excluding hydrogens is 346 g/mol. The minimum Gasteiger partial charge on any atom is -0.311 e. The molecule has 2 fully saturated rings. The minimum atomic E-state index is -3.50. The lowest BCUT2D eigenvalue weighted by molar-refractivity contribution is 0.217. The SMILES string of the molecule is CN(Cc1ccccc1)S(=O)(=O)c1cccc(CN2CC3CC2CN3)c1. The highest BCUT2D eigenvalue weighted by Crippen LogP contribution is 2.26. The van der Waals surface area contributed by atoms with Gasteiger partial charge in [0.05, 0.1) is 4.90 Å². The topological polar surface area (TPSA) is 52.7 Å². The highest BCUT2D eigenvalue weighted by Gasteiger charge is 2.37. The molecule has 4 rings (SSSR count). The molecule has 0 aliphatic carbocycles. The Labute approximate surface area is 155 Å². The fourth-order valence-electron chi connectivity index (χ4n) is 3.99. The van der Waals surface area contributed by atoms with Crippen LogP contribution in [0.15, 0.2) is 59.5 Å². The highest BCUT2D eigenvalue weighted by atomic mass is 32.2. The molecule has 2 bridgehead atoms. The van der Waals surface area contributed by atoms with E-state index in [-0.39, 0.29) is 0 Å². The average Bonchev–Trinajstić information content (AvgIpc) is 3.26. The first-order chi connectivity index (χ1) is 12.5. The third kappa shape index (κ3) is 3.55. The van der Waals surface area contributed by atoms with E-state index in [1.54, 1.807) is 13.1 Å². The Balaban J connectivity index is 1.49. The molecule has 1 N–H and O–H groups in total. The largest absolute Gasteiger partial charge is 0.311 e. The van der Waals surface area contributed by atoms with Crippen LogP contribution in [0, 0.1) is 0 Å². The fraction of sp³-hybridized carbons (Fsp3) is 0.400. The van der Waals surface area contributed by atoms with Gasteiger partial charge in [-0.25, -0.2) is 8.42 Å². The molecule has 0 radical (unpaired) electrons. The van der Waals surface area contributed by atoms with Crippen LogP contribution in [0.5, 0.6) is 0 Å². The lowest BCUT2D eigenvalue weighted by Crippen LogP contribution is -2.42. The smallest absolute Gasteiger partial charge is 0.243 e. The van der Waals surface area contributed by atoms with Crippen molar-refractivity contribution in [3.05, 3.63) is 65.7 Å². The van der Waals surface area contributed by atoms with Gasteiger partial charge >= 0.3 is 0 Å². The maximum Gasteiger partial charge on any atom is 0.243 e. The molecule has 2 aliphatic heterocycles. The molecular formula is C20H25N3O2S. The number of benzene rings is 2. The van der Waals surface area contributed by atoms with Crippen LogP contribution in [-0.4, -0.2) is 49.8 Å². The number of likely N-dealkylation sites (tertiary alicyclic amines) is 1. The lowest BCUT2D eigenvalue weighted by Gasteiger charge is -2.27. The summed E-state index contributed by atoms with van der Waals surface area (Å²) in [5.41, 5.74) is 2.04. The number of piperazine rings is 1. The molecule has 0 aromatic heterocycles. The number of hydrogen-bond acceptors (Lipinski definition) is 4. The van der Waals surface area contributed by atoms with Crippen LogP contribution in [0.4, 0.5) is 0 Å². The molecule has 0 amide bonds. The molecule has 0 spiro atoms. The summed E-state index contributed by atoms with van der Waals surface area (Å²) in [5.74, 6) is 0. The van der Waals surface area contributed by atoms with E-state index in [9.17, 15) is 8.42 Å². The van der Waals surface area contributed by atoms with Gasteiger partial charge < -0.3 is 5.32 Å². The van der Waals surface area contributed by atoms with Crippen LogP contribution in [0.1, 0.15) is 17.5 Å². The summed E-state index contributed by atoms with van der Waals surface area (Å²) in [5, 5.41) is 3.50. The molecule has 0 saturated carbocycles. The van der Waals surface area contributed by atoms with Gasteiger partial charge in [0.25, 0.3) is 0 Å². The van der Waals surface area contributed by atoms with Gasteiger partial charge in [0.1, 0.15) is 0 Å². The first-order valence-corrected chi connectivity index (χ1v) is 10.5. The summed E-state index contributed by atoms with van der Waals surface area (Å²) < 4.78 is 27.3. The van der Waals surface area contributed by atoms with Gasteiger partial charge in [0, 0.05) is 45.3 Å². The Hall–Kier alpha value is -1.73. The van der Waals surface area contributed by atoms with E-state index in [4.69, 9.17) is 0 Å². The van der Waals surface area contributed by atoms with Crippen molar-refractivity contribution in [2.45, 2.75) is 36.5 Å². The molecule has 2 aromatic carbocycles. The van der Waals surface area contributed by atoms with Gasteiger partial charge in [-0.1, -0.05) is 42.5 Å². The second-order valence-corrected chi connectivity index (χ2v) is 9.36.